The molecule has 0 bridgehead atoms. The van der Waals surface area contributed by atoms with Gasteiger partial charge in [-0.2, -0.15) is 5.21 Å². The molecule has 2 rings (SSSR count). The molecule has 1 aromatic carbocycles. The Kier molecular flexibility index (Phi) is 2.83. The minimum Gasteiger partial charge on any atom is -0.507 e. The molecular formula is C8H6N6O4. The van der Waals surface area contributed by atoms with Crippen molar-refractivity contribution >= 4 is 17.6 Å². The Morgan fingerprint density at radius 1 is 1.22 bits per heavy atom. The van der Waals surface area contributed by atoms with Crippen molar-refractivity contribution < 1.29 is 20.1 Å². The number of aromatic hydroxyl groups is 2. The van der Waals surface area contributed by atoms with Gasteiger partial charge in [-0.3, -0.25) is 0 Å². The molecule has 0 aliphatic heterocycles. The van der Waals surface area contributed by atoms with Gasteiger partial charge in [-0.1, -0.05) is 5.10 Å². The third-order valence-corrected chi connectivity index (χ3v) is 1.90. The van der Waals surface area contributed by atoms with Crippen molar-refractivity contribution in [3.8, 4) is 11.5 Å². The van der Waals surface area contributed by atoms with Crippen LogP contribution in [-0.2, 0) is 0 Å². The second kappa shape index (κ2) is 4.45. The maximum Gasteiger partial charge on any atom is 0.339 e. The number of nitrogens with zero attached hydrogens (tertiary/aromatic N) is 5. The van der Waals surface area contributed by atoms with Crippen LogP contribution in [0.2, 0.25) is 0 Å². The summed E-state index contributed by atoms with van der Waals surface area (Å²) in [6.07, 6.45) is 0. The number of azo groups is 1. The Morgan fingerprint density at radius 3 is 2.61 bits per heavy atom. The monoisotopic (exact) mass is 250 g/mol. The zero-order chi connectivity index (χ0) is 13.1. The summed E-state index contributed by atoms with van der Waals surface area (Å²) >= 11 is 0. The minimum atomic E-state index is -1.36. The highest BCUT2D eigenvalue weighted by atomic mass is 16.4. The van der Waals surface area contributed by atoms with Gasteiger partial charge in [-0.05, 0) is 11.3 Å². The standard InChI is InChI=1S/C8H6N6O4/c15-5-2-6(16)4(1-3(5)7(17)18)9-10-8-11-13-14-12-8/h1-2,15-16H,(H,17,18)(H,11,12,13,14). The largest absolute Gasteiger partial charge is 0.507 e. The molecule has 0 fully saturated rings. The number of aromatic carboxylic acids is 1. The van der Waals surface area contributed by atoms with Crippen LogP contribution in [0.4, 0.5) is 11.6 Å². The predicted molar refractivity (Wildman–Crippen MR) is 55.1 cm³/mol. The Labute approximate surface area is 98.6 Å². The van der Waals surface area contributed by atoms with E-state index in [4.69, 9.17) is 5.11 Å². The SMILES string of the molecule is O=C(O)c1cc(N=Nc2nn[nH]n2)c(O)cc1O. The topological polar surface area (TPSA) is 157 Å². The van der Waals surface area contributed by atoms with Crippen LogP contribution in [-0.4, -0.2) is 41.9 Å². The van der Waals surface area contributed by atoms with Crippen LogP contribution >= 0.6 is 0 Å². The average molecular weight is 250 g/mol. The number of carbonyl (C=O) groups is 1. The zero-order valence-electron chi connectivity index (χ0n) is 8.64. The number of aromatic nitrogens is 4. The number of tetrazole rings is 1. The molecule has 0 unspecified atom stereocenters. The Hall–Kier alpha value is -3.04. The number of H-pyrrole nitrogens is 1. The first kappa shape index (κ1) is 11.4. The van der Waals surface area contributed by atoms with Crippen molar-refractivity contribution in [2.75, 3.05) is 0 Å². The van der Waals surface area contributed by atoms with E-state index in [0.717, 1.165) is 12.1 Å². The van der Waals surface area contributed by atoms with E-state index in [1.54, 1.807) is 0 Å². The molecule has 1 heterocycles. The highest BCUT2D eigenvalue weighted by molar-refractivity contribution is 5.92. The lowest BCUT2D eigenvalue weighted by Gasteiger charge is -2.02. The van der Waals surface area contributed by atoms with Crippen LogP contribution in [0.25, 0.3) is 0 Å². The number of aromatic amines is 1. The van der Waals surface area contributed by atoms with Gasteiger partial charge in [0.2, 0.25) is 0 Å². The van der Waals surface area contributed by atoms with Gasteiger partial charge in [0.1, 0.15) is 22.7 Å². The van der Waals surface area contributed by atoms with Crippen LogP contribution in [0.1, 0.15) is 10.4 Å². The van der Waals surface area contributed by atoms with Gasteiger partial charge in [-0.15, -0.1) is 15.3 Å². The van der Waals surface area contributed by atoms with E-state index in [0.29, 0.717) is 0 Å². The second-order valence-corrected chi connectivity index (χ2v) is 3.08. The van der Waals surface area contributed by atoms with Gasteiger partial charge in [0.25, 0.3) is 0 Å². The number of rotatable bonds is 3. The van der Waals surface area contributed by atoms with E-state index in [1.165, 1.54) is 0 Å². The molecule has 92 valence electrons. The molecular weight excluding hydrogens is 244 g/mol. The third kappa shape index (κ3) is 2.21. The maximum atomic E-state index is 10.8. The third-order valence-electron chi connectivity index (χ3n) is 1.90. The molecule has 0 saturated heterocycles. The number of phenolic OH excluding ortho intramolecular Hbond substituents is 1. The van der Waals surface area contributed by atoms with Crippen molar-refractivity contribution in [1.29, 1.82) is 0 Å². The van der Waals surface area contributed by atoms with E-state index in [2.05, 4.69) is 30.9 Å². The summed E-state index contributed by atoms with van der Waals surface area (Å²) in [5.41, 5.74) is -0.551. The van der Waals surface area contributed by atoms with Gasteiger partial charge >= 0.3 is 11.9 Å². The predicted octanol–water partition coefficient (Wildman–Crippen LogP) is 0.724. The van der Waals surface area contributed by atoms with Crippen LogP contribution in [0, 0.1) is 0 Å². The zero-order valence-corrected chi connectivity index (χ0v) is 8.64. The number of hydrogen-bond donors (Lipinski definition) is 4. The number of hydrogen-bond acceptors (Lipinski definition) is 8. The summed E-state index contributed by atoms with van der Waals surface area (Å²) in [6.45, 7) is 0. The number of phenols is 2. The molecule has 0 amide bonds. The first-order valence-electron chi connectivity index (χ1n) is 4.52. The molecule has 0 atom stereocenters. The van der Waals surface area contributed by atoms with Gasteiger partial charge in [0.05, 0.1) is 0 Å². The highest BCUT2D eigenvalue weighted by Gasteiger charge is 2.14. The summed E-state index contributed by atoms with van der Waals surface area (Å²) in [6, 6.07) is 1.82. The first-order chi connectivity index (χ1) is 8.58. The van der Waals surface area contributed by atoms with Crippen molar-refractivity contribution in [3.05, 3.63) is 17.7 Å². The van der Waals surface area contributed by atoms with E-state index >= 15 is 0 Å². The molecule has 0 radical (unpaired) electrons. The molecule has 10 nitrogen and oxygen atoms in total. The van der Waals surface area contributed by atoms with Crippen molar-refractivity contribution in [2.24, 2.45) is 10.2 Å². The fourth-order valence-corrected chi connectivity index (χ4v) is 1.11. The molecule has 4 N–H and O–H groups in total. The first-order valence-corrected chi connectivity index (χ1v) is 4.52. The number of benzene rings is 1. The molecule has 10 heteroatoms. The van der Waals surface area contributed by atoms with Crippen LogP contribution in [0.15, 0.2) is 22.4 Å². The molecule has 0 spiro atoms. The van der Waals surface area contributed by atoms with E-state index in [9.17, 15) is 15.0 Å². The fraction of sp³-hybridized carbons (Fsp3) is 0. The number of carboxylic acids is 1. The van der Waals surface area contributed by atoms with E-state index in [1.807, 2.05) is 0 Å². The van der Waals surface area contributed by atoms with Gasteiger partial charge in [-0.25, -0.2) is 4.79 Å². The number of carboxylic acid groups (broad SMARTS) is 1. The van der Waals surface area contributed by atoms with Gasteiger partial charge < -0.3 is 15.3 Å². The van der Waals surface area contributed by atoms with Gasteiger partial charge in [0, 0.05) is 6.07 Å². The summed E-state index contributed by atoms with van der Waals surface area (Å²) in [5, 5.41) is 46.9. The van der Waals surface area contributed by atoms with Crippen molar-refractivity contribution in [1.82, 2.24) is 20.6 Å². The lowest BCUT2D eigenvalue weighted by molar-refractivity contribution is 0.0694. The number of nitrogens with one attached hydrogen (secondary N) is 1. The van der Waals surface area contributed by atoms with Gasteiger partial charge in [0.15, 0.2) is 0 Å². The normalized spacial score (nSPS) is 10.9. The van der Waals surface area contributed by atoms with E-state index in [-0.39, 0.29) is 11.6 Å². The van der Waals surface area contributed by atoms with Crippen molar-refractivity contribution in [2.45, 2.75) is 0 Å². The van der Waals surface area contributed by atoms with Crippen LogP contribution < -0.4 is 0 Å². The summed E-state index contributed by atoms with van der Waals surface area (Å²) in [7, 11) is 0. The van der Waals surface area contributed by atoms with Crippen molar-refractivity contribution in [3.63, 3.8) is 0 Å². The molecule has 0 aliphatic rings. The summed E-state index contributed by atoms with van der Waals surface area (Å²) < 4.78 is 0. The Morgan fingerprint density at radius 2 is 2.00 bits per heavy atom. The molecule has 0 aliphatic carbocycles. The molecule has 1 aromatic heterocycles. The molecule has 0 saturated carbocycles. The quantitative estimate of drug-likeness (QED) is 0.584. The van der Waals surface area contributed by atoms with Crippen LogP contribution in [0.5, 0.6) is 11.5 Å². The lowest BCUT2D eigenvalue weighted by atomic mass is 10.1. The Balaban J connectivity index is 2.39. The average Bonchev–Trinajstić information content (AvgIpc) is 2.80. The lowest BCUT2D eigenvalue weighted by Crippen LogP contribution is -1.96. The maximum absolute atomic E-state index is 10.8. The van der Waals surface area contributed by atoms with E-state index < -0.39 is 23.0 Å². The van der Waals surface area contributed by atoms with Crippen LogP contribution in [0.3, 0.4) is 0 Å². The fourth-order valence-electron chi connectivity index (χ4n) is 1.11. The minimum absolute atomic E-state index is 0.0839. The molecule has 18 heavy (non-hydrogen) atoms. The smallest absolute Gasteiger partial charge is 0.339 e. The summed E-state index contributed by atoms with van der Waals surface area (Å²) in [4.78, 5) is 10.8. The highest BCUT2D eigenvalue weighted by Crippen LogP contribution is 2.34. The second-order valence-electron chi connectivity index (χ2n) is 3.08. The molecule has 2 aromatic rings. The summed E-state index contributed by atoms with van der Waals surface area (Å²) in [5.74, 6) is -2.44. The Bertz CT molecular complexity index is 608.